The molecule has 0 N–H and O–H groups in total. The van der Waals surface area contributed by atoms with Crippen LogP contribution in [0.2, 0.25) is 0 Å². The largest absolute Gasteiger partial charge is 0.455 e. The number of nitriles is 2. The van der Waals surface area contributed by atoms with Crippen molar-refractivity contribution in [2.24, 2.45) is 0 Å². The Morgan fingerprint density at radius 2 is 0.935 bits per heavy atom. The van der Waals surface area contributed by atoms with Crippen LogP contribution < -0.4 is 0 Å². The highest BCUT2D eigenvalue weighted by atomic mass is 16.3. The summed E-state index contributed by atoms with van der Waals surface area (Å²) in [6.45, 7) is 0. The van der Waals surface area contributed by atoms with E-state index in [1.165, 1.54) is 0 Å². The summed E-state index contributed by atoms with van der Waals surface area (Å²) in [4.78, 5) is 0. The van der Waals surface area contributed by atoms with Crippen molar-refractivity contribution in [2.75, 3.05) is 0 Å². The first-order valence-corrected chi connectivity index (χ1v) is 20.5. The summed E-state index contributed by atoms with van der Waals surface area (Å²) in [6, 6.07) is 67.0. The van der Waals surface area contributed by atoms with Crippen LogP contribution in [-0.4, -0.2) is 9.13 Å². The molecule has 62 heavy (non-hydrogen) atoms. The van der Waals surface area contributed by atoms with E-state index in [0.717, 1.165) is 121 Å². The van der Waals surface area contributed by atoms with E-state index in [0.29, 0.717) is 11.1 Å². The molecule has 6 heteroatoms. The molecule has 4 heterocycles. The van der Waals surface area contributed by atoms with Gasteiger partial charge in [-0.3, -0.25) is 0 Å². The smallest absolute Gasteiger partial charge is 0.145 e. The summed E-state index contributed by atoms with van der Waals surface area (Å²) in [7, 11) is 0. The second-order valence-corrected chi connectivity index (χ2v) is 15.8. The Morgan fingerprint density at radius 3 is 1.55 bits per heavy atom. The van der Waals surface area contributed by atoms with Gasteiger partial charge in [0.25, 0.3) is 0 Å². The molecular formula is C56H30N4O2. The van der Waals surface area contributed by atoms with Gasteiger partial charge in [-0.15, -0.1) is 0 Å². The summed E-state index contributed by atoms with van der Waals surface area (Å²) in [5, 5.41) is 29.1. The van der Waals surface area contributed by atoms with Crippen molar-refractivity contribution < 1.29 is 8.83 Å². The van der Waals surface area contributed by atoms with Crippen molar-refractivity contribution in [3.63, 3.8) is 0 Å². The maximum absolute atomic E-state index is 11.0. The third-order valence-electron chi connectivity index (χ3n) is 12.6. The molecule has 0 unspecified atom stereocenters. The Kier molecular flexibility index (Phi) is 7.05. The van der Waals surface area contributed by atoms with Gasteiger partial charge in [0.1, 0.15) is 28.4 Å². The molecule has 0 spiro atoms. The SMILES string of the molecule is N#Cc1ccc(-c2cccc(-c3ccc(-n4c5ccccc5c5c6oc7ccccc7c6ccc54)cc3-n3c4ccccc4c4c5oc6ccccc6c5ccc43)c2C#N)cc1. The van der Waals surface area contributed by atoms with E-state index in [1.807, 2.05) is 54.6 Å². The molecule has 0 aliphatic carbocycles. The van der Waals surface area contributed by atoms with E-state index >= 15 is 0 Å². The van der Waals surface area contributed by atoms with Gasteiger partial charge >= 0.3 is 0 Å². The van der Waals surface area contributed by atoms with E-state index in [1.54, 1.807) is 12.1 Å². The topological polar surface area (TPSA) is 83.7 Å². The van der Waals surface area contributed by atoms with Crippen molar-refractivity contribution >= 4 is 87.5 Å². The van der Waals surface area contributed by atoms with Crippen LogP contribution in [0.5, 0.6) is 0 Å². The quantitative estimate of drug-likeness (QED) is 0.178. The number of benzene rings is 9. The first-order chi connectivity index (χ1) is 30.7. The first-order valence-electron chi connectivity index (χ1n) is 20.5. The molecule has 286 valence electrons. The van der Waals surface area contributed by atoms with Crippen LogP contribution in [0, 0.1) is 22.7 Å². The lowest BCUT2D eigenvalue weighted by molar-refractivity contribution is 0.672. The van der Waals surface area contributed by atoms with Crippen molar-refractivity contribution in [2.45, 2.75) is 0 Å². The van der Waals surface area contributed by atoms with Crippen LogP contribution in [0.3, 0.4) is 0 Å². The monoisotopic (exact) mass is 790 g/mol. The number of aromatic nitrogens is 2. The second-order valence-electron chi connectivity index (χ2n) is 15.8. The zero-order valence-corrected chi connectivity index (χ0v) is 32.9. The molecule has 13 rings (SSSR count). The average Bonchev–Trinajstić information content (AvgIpc) is 4.08. The minimum Gasteiger partial charge on any atom is -0.455 e. The van der Waals surface area contributed by atoms with E-state index in [4.69, 9.17) is 8.83 Å². The fourth-order valence-corrected chi connectivity index (χ4v) is 9.94. The van der Waals surface area contributed by atoms with Gasteiger partial charge in [0.15, 0.2) is 0 Å². The van der Waals surface area contributed by atoms with Crippen molar-refractivity contribution in [3.8, 4) is 45.8 Å². The second kappa shape index (κ2) is 12.8. The minimum absolute atomic E-state index is 0.552. The van der Waals surface area contributed by atoms with Crippen molar-refractivity contribution in [1.29, 1.82) is 10.5 Å². The van der Waals surface area contributed by atoms with Crippen molar-refractivity contribution in [3.05, 3.63) is 193 Å². The predicted octanol–water partition coefficient (Wildman–Crippen LogP) is 14.8. The summed E-state index contributed by atoms with van der Waals surface area (Å²) in [6.07, 6.45) is 0. The normalized spacial score (nSPS) is 11.8. The fraction of sp³-hybridized carbons (Fsp3) is 0. The Hall–Kier alpha value is -8.84. The maximum atomic E-state index is 11.0. The Morgan fingerprint density at radius 1 is 0.387 bits per heavy atom. The Bertz CT molecular complexity index is 4130. The van der Waals surface area contributed by atoms with Crippen LogP contribution >= 0.6 is 0 Å². The summed E-state index contributed by atoms with van der Waals surface area (Å²) in [5.41, 5.74) is 13.9. The molecule has 0 radical (unpaired) electrons. The molecule has 6 nitrogen and oxygen atoms in total. The highest BCUT2D eigenvalue weighted by Crippen LogP contribution is 2.45. The molecule has 0 saturated carbocycles. The van der Waals surface area contributed by atoms with Gasteiger partial charge in [0.05, 0.1) is 55.7 Å². The highest BCUT2D eigenvalue weighted by molar-refractivity contribution is 6.25. The predicted molar refractivity (Wildman–Crippen MR) is 250 cm³/mol. The van der Waals surface area contributed by atoms with E-state index in [-0.39, 0.29) is 0 Å². The van der Waals surface area contributed by atoms with Crippen molar-refractivity contribution in [1.82, 2.24) is 9.13 Å². The molecule has 13 aromatic rings. The standard InChI is InChI=1S/C56H30N4O2/c57-31-33-20-22-34(23-21-33)36-14-9-15-37(45(36)32-58)38-25-24-35(59-46-16-5-1-12-43(46)53-48(59)28-26-41-39-10-3-7-18-51(39)61-55(41)53)30-50(38)60-47-17-6-2-13-44(47)54-49(60)29-27-42-40-11-4-8-19-52(40)62-56(42)54/h1-30H. The lowest BCUT2D eigenvalue weighted by atomic mass is 9.91. The molecule has 9 aromatic carbocycles. The molecule has 0 fully saturated rings. The average molecular weight is 791 g/mol. The number of nitrogens with zero attached hydrogens (tertiary/aromatic N) is 4. The Balaban J connectivity index is 1.15. The molecule has 0 saturated heterocycles. The Labute approximate surface area is 353 Å². The number of fused-ring (bicyclic) bond motifs is 14. The van der Waals surface area contributed by atoms with Gasteiger partial charge in [-0.05, 0) is 78.4 Å². The van der Waals surface area contributed by atoms with E-state index in [2.05, 4.69) is 137 Å². The van der Waals surface area contributed by atoms with Gasteiger partial charge in [-0.1, -0.05) is 109 Å². The van der Waals surface area contributed by atoms with Gasteiger partial charge in [-0.2, -0.15) is 10.5 Å². The molecule has 0 amide bonds. The third kappa shape index (κ3) is 4.66. The molecule has 0 bridgehead atoms. The number of para-hydroxylation sites is 4. The van der Waals surface area contributed by atoms with E-state index in [9.17, 15) is 10.5 Å². The summed E-state index contributed by atoms with van der Waals surface area (Å²) in [5.74, 6) is 0. The fourth-order valence-electron chi connectivity index (χ4n) is 9.94. The molecule has 4 aromatic heterocycles. The highest BCUT2D eigenvalue weighted by Gasteiger charge is 2.24. The van der Waals surface area contributed by atoms with Crippen LogP contribution in [-0.2, 0) is 0 Å². The molecule has 0 atom stereocenters. The molecule has 0 aliphatic rings. The molecular weight excluding hydrogens is 761 g/mol. The van der Waals surface area contributed by atoms with Crippen LogP contribution in [0.25, 0.3) is 121 Å². The first kappa shape index (κ1) is 34.1. The lowest BCUT2D eigenvalue weighted by Crippen LogP contribution is -2.02. The number of hydrogen-bond donors (Lipinski definition) is 0. The third-order valence-corrected chi connectivity index (χ3v) is 12.6. The number of furan rings is 2. The van der Waals surface area contributed by atoms with Crippen LogP contribution in [0.15, 0.2) is 191 Å². The zero-order valence-electron chi connectivity index (χ0n) is 32.9. The summed E-state index contributed by atoms with van der Waals surface area (Å²) >= 11 is 0. The minimum atomic E-state index is 0.552. The van der Waals surface area contributed by atoms with Gasteiger partial charge in [0, 0.05) is 54.7 Å². The lowest BCUT2D eigenvalue weighted by Gasteiger charge is -2.19. The zero-order chi connectivity index (χ0) is 41.1. The van der Waals surface area contributed by atoms with Gasteiger partial charge in [-0.25, -0.2) is 0 Å². The van der Waals surface area contributed by atoms with Crippen LogP contribution in [0.4, 0.5) is 0 Å². The number of hydrogen-bond acceptors (Lipinski definition) is 4. The van der Waals surface area contributed by atoms with E-state index < -0.39 is 0 Å². The maximum Gasteiger partial charge on any atom is 0.145 e. The van der Waals surface area contributed by atoms with Crippen LogP contribution in [0.1, 0.15) is 11.1 Å². The molecule has 0 aliphatic heterocycles. The number of rotatable bonds is 4. The van der Waals surface area contributed by atoms with Gasteiger partial charge in [0.2, 0.25) is 0 Å². The van der Waals surface area contributed by atoms with Gasteiger partial charge < -0.3 is 18.0 Å². The summed E-state index contributed by atoms with van der Waals surface area (Å²) < 4.78 is 18.0.